The summed E-state index contributed by atoms with van der Waals surface area (Å²) in [6.45, 7) is 4.10. The minimum atomic E-state index is -1.07. The molecule has 1 heterocycles. The van der Waals surface area contributed by atoms with E-state index in [1.54, 1.807) is 0 Å². The fourth-order valence-electron chi connectivity index (χ4n) is 3.78. The van der Waals surface area contributed by atoms with Gasteiger partial charge in [-0.2, -0.15) is 12.6 Å². The van der Waals surface area contributed by atoms with Crippen molar-refractivity contribution in [2.45, 2.75) is 63.7 Å². The Balaban J connectivity index is 2.17. The van der Waals surface area contributed by atoms with Crippen LogP contribution in [-0.4, -0.2) is 70.2 Å². The van der Waals surface area contributed by atoms with Crippen molar-refractivity contribution in [1.29, 1.82) is 0 Å². The average Bonchev–Trinajstić information content (AvgIpc) is 3.31. The van der Waals surface area contributed by atoms with Gasteiger partial charge in [0.25, 0.3) is 0 Å². The molecule has 1 fully saturated rings. The molecule has 3 amide bonds. The van der Waals surface area contributed by atoms with Gasteiger partial charge in [0.1, 0.15) is 18.1 Å². The van der Waals surface area contributed by atoms with Gasteiger partial charge in [0.05, 0.1) is 6.04 Å². The van der Waals surface area contributed by atoms with Gasteiger partial charge in [0, 0.05) is 18.7 Å². The Kier molecular flexibility index (Phi) is 10.2. The molecule has 0 spiro atoms. The molecule has 1 saturated heterocycles. The molecule has 33 heavy (non-hydrogen) atoms. The van der Waals surface area contributed by atoms with Gasteiger partial charge in [-0.05, 0) is 24.3 Å². The van der Waals surface area contributed by atoms with Crippen LogP contribution in [0.2, 0.25) is 0 Å². The van der Waals surface area contributed by atoms with Crippen LogP contribution in [0.3, 0.4) is 0 Å². The molecule has 0 bridgehead atoms. The molecule has 5 unspecified atom stereocenters. The summed E-state index contributed by atoms with van der Waals surface area (Å²) in [5.41, 5.74) is 6.87. The lowest BCUT2D eigenvalue weighted by atomic mass is 9.98. The van der Waals surface area contributed by atoms with Gasteiger partial charge in [0.2, 0.25) is 17.7 Å². The first-order valence-electron chi connectivity index (χ1n) is 11.2. The van der Waals surface area contributed by atoms with Gasteiger partial charge in [0.15, 0.2) is 0 Å². The smallest absolute Gasteiger partial charge is 0.326 e. The van der Waals surface area contributed by atoms with Crippen molar-refractivity contribution in [2.24, 2.45) is 11.7 Å². The lowest BCUT2D eigenvalue weighted by Gasteiger charge is -2.28. The van der Waals surface area contributed by atoms with Gasteiger partial charge < -0.3 is 26.4 Å². The van der Waals surface area contributed by atoms with E-state index < -0.39 is 47.9 Å². The van der Waals surface area contributed by atoms with Crippen LogP contribution >= 0.6 is 12.6 Å². The van der Waals surface area contributed by atoms with Gasteiger partial charge in [-0.1, -0.05) is 50.6 Å². The first-order valence-corrected chi connectivity index (χ1v) is 11.9. The largest absolute Gasteiger partial charge is 0.480 e. The molecule has 182 valence electrons. The van der Waals surface area contributed by atoms with Crippen molar-refractivity contribution in [1.82, 2.24) is 15.5 Å². The molecular formula is C23H34N4O5S. The number of nitrogens with one attached hydrogen (secondary N) is 2. The molecule has 1 aliphatic heterocycles. The van der Waals surface area contributed by atoms with Gasteiger partial charge in [-0.3, -0.25) is 14.4 Å². The number of nitrogens with two attached hydrogens (primary N) is 1. The summed E-state index contributed by atoms with van der Waals surface area (Å²) >= 11 is 4.20. The van der Waals surface area contributed by atoms with E-state index in [0.717, 1.165) is 5.56 Å². The number of carbonyl (C=O) groups is 4. The summed E-state index contributed by atoms with van der Waals surface area (Å²) in [6, 6.07) is 5.52. The Morgan fingerprint density at radius 1 is 1.15 bits per heavy atom. The first kappa shape index (κ1) is 26.7. The molecule has 0 radical (unpaired) electrons. The Hall–Kier alpha value is -2.59. The Morgan fingerprint density at radius 3 is 2.36 bits per heavy atom. The summed E-state index contributed by atoms with van der Waals surface area (Å²) in [5.74, 6) is -2.64. The first-order chi connectivity index (χ1) is 15.7. The second kappa shape index (κ2) is 12.6. The summed E-state index contributed by atoms with van der Waals surface area (Å²) in [7, 11) is 0. The molecule has 0 saturated carbocycles. The molecule has 5 atom stereocenters. The lowest BCUT2D eigenvalue weighted by Crippen LogP contribution is -2.58. The van der Waals surface area contributed by atoms with E-state index >= 15 is 0 Å². The highest BCUT2D eigenvalue weighted by Gasteiger charge is 2.38. The quantitative estimate of drug-likeness (QED) is 0.295. The van der Waals surface area contributed by atoms with Crippen LogP contribution in [0.5, 0.6) is 0 Å². The Morgan fingerprint density at radius 2 is 1.79 bits per heavy atom. The monoisotopic (exact) mass is 478 g/mol. The standard InChI is InChI=1S/C23H34N4O5S/c1-3-14(2)19(24)21(29)25-16(12-15-8-5-4-6-9-15)20(28)26-17(13-33)22(30)27-11-7-10-18(27)23(31)32/h4-6,8-9,14,16-19,33H,3,7,10-13,24H2,1-2H3,(H,25,29)(H,26,28)(H,31,32). The van der Waals surface area contributed by atoms with Crippen LogP contribution in [0.25, 0.3) is 0 Å². The summed E-state index contributed by atoms with van der Waals surface area (Å²) in [5, 5.41) is 14.8. The van der Waals surface area contributed by atoms with Crippen LogP contribution in [0.1, 0.15) is 38.7 Å². The third-order valence-electron chi connectivity index (χ3n) is 6.09. The number of rotatable bonds is 11. The number of carboxylic acid groups (broad SMARTS) is 1. The van der Waals surface area contributed by atoms with Crippen molar-refractivity contribution >= 4 is 36.3 Å². The van der Waals surface area contributed by atoms with E-state index in [2.05, 4.69) is 23.3 Å². The average molecular weight is 479 g/mol. The van der Waals surface area contributed by atoms with Gasteiger partial charge in [-0.25, -0.2) is 4.79 Å². The zero-order valence-corrected chi connectivity index (χ0v) is 20.0. The third-order valence-corrected chi connectivity index (χ3v) is 6.46. The fraction of sp³-hybridized carbons (Fsp3) is 0.565. The molecule has 0 aliphatic carbocycles. The van der Waals surface area contributed by atoms with Crippen LogP contribution < -0.4 is 16.4 Å². The molecule has 9 nitrogen and oxygen atoms in total. The maximum absolute atomic E-state index is 13.2. The summed E-state index contributed by atoms with van der Waals surface area (Å²) in [6.07, 6.45) is 1.87. The van der Waals surface area contributed by atoms with E-state index in [0.29, 0.717) is 25.8 Å². The number of nitrogens with zero attached hydrogens (tertiary/aromatic N) is 1. The zero-order chi connectivity index (χ0) is 24.5. The lowest BCUT2D eigenvalue weighted by molar-refractivity contribution is -0.149. The molecule has 10 heteroatoms. The number of hydrogen-bond donors (Lipinski definition) is 5. The van der Waals surface area contributed by atoms with Crippen molar-refractivity contribution < 1.29 is 24.3 Å². The highest BCUT2D eigenvalue weighted by Crippen LogP contribution is 2.19. The number of thiol groups is 1. The van der Waals surface area contributed by atoms with Crippen LogP contribution in [0, 0.1) is 5.92 Å². The number of carbonyl (C=O) groups excluding carboxylic acids is 3. The SMILES string of the molecule is CCC(C)C(N)C(=O)NC(Cc1ccccc1)C(=O)NC(CS)C(=O)N1CCCC1C(=O)O. The predicted octanol–water partition coefficient (Wildman–Crippen LogP) is 0.578. The van der Waals surface area contributed by atoms with Crippen LogP contribution in [0.15, 0.2) is 30.3 Å². The Labute approximate surface area is 199 Å². The number of likely N-dealkylation sites (tertiary alicyclic amines) is 1. The molecule has 1 aromatic carbocycles. The molecule has 5 N–H and O–H groups in total. The predicted molar refractivity (Wildman–Crippen MR) is 128 cm³/mol. The van der Waals surface area contributed by atoms with E-state index in [1.807, 2.05) is 44.2 Å². The highest BCUT2D eigenvalue weighted by molar-refractivity contribution is 7.80. The van der Waals surface area contributed by atoms with Gasteiger partial charge in [-0.15, -0.1) is 0 Å². The minimum absolute atomic E-state index is 0.00814. The topological polar surface area (TPSA) is 142 Å². The molecular weight excluding hydrogens is 444 g/mol. The second-order valence-corrected chi connectivity index (χ2v) is 8.80. The van der Waals surface area contributed by atoms with E-state index in [1.165, 1.54) is 4.90 Å². The van der Waals surface area contributed by atoms with Crippen molar-refractivity contribution in [3.63, 3.8) is 0 Å². The van der Waals surface area contributed by atoms with Crippen LogP contribution in [0.4, 0.5) is 0 Å². The van der Waals surface area contributed by atoms with Crippen molar-refractivity contribution in [3.8, 4) is 0 Å². The van der Waals surface area contributed by atoms with Gasteiger partial charge >= 0.3 is 5.97 Å². The van der Waals surface area contributed by atoms with Crippen LogP contribution in [-0.2, 0) is 25.6 Å². The third kappa shape index (κ3) is 7.20. The fourth-order valence-corrected chi connectivity index (χ4v) is 4.03. The van der Waals surface area contributed by atoms with E-state index in [4.69, 9.17) is 5.73 Å². The molecule has 1 aromatic rings. The number of aliphatic carboxylic acids is 1. The van der Waals surface area contributed by atoms with Crippen molar-refractivity contribution in [3.05, 3.63) is 35.9 Å². The summed E-state index contributed by atoms with van der Waals surface area (Å²) < 4.78 is 0. The number of carboxylic acids is 1. The maximum atomic E-state index is 13.2. The zero-order valence-electron chi connectivity index (χ0n) is 19.1. The molecule has 2 rings (SSSR count). The number of benzene rings is 1. The van der Waals surface area contributed by atoms with E-state index in [-0.39, 0.29) is 18.1 Å². The van der Waals surface area contributed by atoms with E-state index in [9.17, 15) is 24.3 Å². The minimum Gasteiger partial charge on any atom is -0.480 e. The Bertz CT molecular complexity index is 837. The highest BCUT2D eigenvalue weighted by atomic mass is 32.1. The van der Waals surface area contributed by atoms with Crippen molar-refractivity contribution in [2.75, 3.05) is 12.3 Å². The number of hydrogen-bond acceptors (Lipinski definition) is 6. The maximum Gasteiger partial charge on any atom is 0.326 e. The normalized spacial score (nSPS) is 19.3. The molecule has 1 aliphatic rings. The number of amides is 3. The molecule has 0 aromatic heterocycles. The summed E-state index contributed by atoms with van der Waals surface area (Å²) in [4.78, 5) is 51.5. The second-order valence-electron chi connectivity index (χ2n) is 8.43.